The van der Waals surface area contributed by atoms with Crippen LogP contribution in [-0.2, 0) is 0 Å². The largest absolute Gasteiger partial charge is 0.478 e. The molecule has 0 bridgehead atoms. The van der Waals surface area contributed by atoms with E-state index in [9.17, 15) is 0 Å². The molecule has 68 valence electrons. The van der Waals surface area contributed by atoms with Gasteiger partial charge >= 0.3 is 0 Å². The zero-order valence-electron chi connectivity index (χ0n) is 7.20. The van der Waals surface area contributed by atoms with Gasteiger partial charge in [0.1, 0.15) is 0 Å². The maximum absolute atomic E-state index is 5.57. The second-order valence-electron chi connectivity index (χ2n) is 2.31. The Morgan fingerprint density at radius 1 is 1.58 bits per heavy atom. The highest BCUT2D eigenvalue weighted by Crippen LogP contribution is 2.14. The zero-order chi connectivity index (χ0) is 8.27. The third-order valence-electron chi connectivity index (χ3n) is 1.42. The van der Waals surface area contributed by atoms with Crippen LogP contribution in [-0.4, -0.2) is 11.6 Å². The third-order valence-corrected chi connectivity index (χ3v) is 1.42. The number of hydrogen-bond acceptors (Lipinski definition) is 3. The van der Waals surface area contributed by atoms with Crippen LogP contribution >= 0.6 is 12.4 Å². The van der Waals surface area contributed by atoms with Crippen LogP contribution in [0.5, 0.6) is 5.88 Å². The summed E-state index contributed by atoms with van der Waals surface area (Å²) in [6.45, 7) is 4.49. The number of rotatable bonds is 2. The molecule has 2 N–H and O–H groups in total. The summed E-state index contributed by atoms with van der Waals surface area (Å²) in [5, 5.41) is 0. The molecule has 1 rings (SSSR count). The molecule has 0 fully saturated rings. The molecule has 0 unspecified atom stereocenters. The van der Waals surface area contributed by atoms with Crippen LogP contribution in [0.25, 0.3) is 0 Å². The number of hydrogen-bond donors (Lipinski definition) is 1. The molecule has 0 radical (unpaired) electrons. The van der Waals surface area contributed by atoms with Gasteiger partial charge in [-0.15, -0.1) is 12.4 Å². The maximum atomic E-state index is 5.57. The first kappa shape index (κ1) is 11.0. The first-order valence-electron chi connectivity index (χ1n) is 3.59. The van der Waals surface area contributed by atoms with Crippen molar-refractivity contribution in [2.75, 3.05) is 12.3 Å². The first-order chi connectivity index (χ1) is 5.24. The van der Waals surface area contributed by atoms with Crippen LogP contribution in [0.2, 0.25) is 0 Å². The Labute approximate surface area is 78.4 Å². The SMILES string of the molecule is CCOc1cc(C)c(N)cn1.Cl. The second-order valence-corrected chi connectivity index (χ2v) is 2.31. The summed E-state index contributed by atoms with van der Waals surface area (Å²) in [6, 6.07) is 1.83. The number of nitrogens with two attached hydrogens (primary N) is 1. The van der Waals surface area contributed by atoms with Crippen LogP contribution in [0, 0.1) is 6.92 Å². The van der Waals surface area contributed by atoms with Crippen molar-refractivity contribution in [3.63, 3.8) is 0 Å². The van der Waals surface area contributed by atoms with Crippen molar-refractivity contribution in [3.05, 3.63) is 17.8 Å². The highest BCUT2D eigenvalue weighted by molar-refractivity contribution is 5.85. The number of aromatic nitrogens is 1. The number of pyridine rings is 1. The topological polar surface area (TPSA) is 48.1 Å². The predicted molar refractivity (Wildman–Crippen MR) is 51.8 cm³/mol. The fraction of sp³-hybridized carbons (Fsp3) is 0.375. The molecule has 0 aromatic carbocycles. The monoisotopic (exact) mass is 188 g/mol. The standard InChI is InChI=1S/C8H12N2O.ClH/c1-3-11-8-4-6(2)7(9)5-10-8;/h4-5H,3,9H2,1-2H3;1H. The summed E-state index contributed by atoms with van der Waals surface area (Å²) >= 11 is 0. The minimum atomic E-state index is 0. The first-order valence-corrected chi connectivity index (χ1v) is 3.59. The number of aryl methyl sites for hydroxylation is 1. The molecule has 0 atom stereocenters. The molecule has 0 saturated heterocycles. The minimum absolute atomic E-state index is 0. The van der Waals surface area contributed by atoms with Crippen LogP contribution < -0.4 is 10.5 Å². The smallest absolute Gasteiger partial charge is 0.213 e. The second kappa shape index (κ2) is 4.83. The lowest BCUT2D eigenvalue weighted by Crippen LogP contribution is -1.97. The van der Waals surface area contributed by atoms with E-state index in [1.165, 1.54) is 0 Å². The molecule has 12 heavy (non-hydrogen) atoms. The Kier molecular flexibility index (Phi) is 4.44. The Morgan fingerprint density at radius 3 is 2.75 bits per heavy atom. The van der Waals surface area contributed by atoms with Gasteiger partial charge in [-0.25, -0.2) is 4.98 Å². The molecule has 4 heteroatoms. The summed E-state index contributed by atoms with van der Waals surface area (Å²) < 4.78 is 5.18. The van der Waals surface area contributed by atoms with Crippen LogP contribution in [0.1, 0.15) is 12.5 Å². The van der Waals surface area contributed by atoms with E-state index in [1.54, 1.807) is 6.20 Å². The third kappa shape index (κ3) is 2.58. The maximum Gasteiger partial charge on any atom is 0.213 e. The number of nitrogen functional groups attached to an aromatic ring is 1. The molecule has 0 amide bonds. The predicted octanol–water partition coefficient (Wildman–Crippen LogP) is 1.79. The van der Waals surface area contributed by atoms with Crippen molar-refractivity contribution in [1.29, 1.82) is 0 Å². The van der Waals surface area contributed by atoms with Crippen molar-refractivity contribution < 1.29 is 4.74 Å². The van der Waals surface area contributed by atoms with Gasteiger partial charge in [0.15, 0.2) is 0 Å². The Balaban J connectivity index is 0.00000121. The molecule has 0 saturated carbocycles. The summed E-state index contributed by atoms with van der Waals surface area (Å²) in [5.41, 5.74) is 7.27. The van der Waals surface area contributed by atoms with Crippen molar-refractivity contribution in [1.82, 2.24) is 4.98 Å². The average molecular weight is 189 g/mol. The number of anilines is 1. The molecular formula is C8H13ClN2O. The van der Waals surface area contributed by atoms with Crippen molar-refractivity contribution in [2.24, 2.45) is 0 Å². The van der Waals surface area contributed by atoms with Gasteiger partial charge in [-0.3, -0.25) is 0 Å². The quantitative estimate of drug-likeness (QED) is 0.770. The average Bonchev–Trinajstić information content (AvgIpc) is 1.98. The minimum Gasteiger partial charge on any atom is -0.478 e. The fourth-order valence-electron chi connectivity index (χ4n) is 0.768. The molecule has 0 aliphatic rings. The van der Waals surface area contributed by atoms with Crippen LogP contribution in [0.15, 0.2) is 12.3 Å². The lowest BCUT2D eigenvalue weighted by molar-refractivity contribution is 0.326. The lowest BCUT2D eigenvalue weighted by Gasteiger charge is -2.03. The molecule has 0 aliphatic carbocycles. The van der Waals surface area contributed by atoms with Gasteiger partial charge in [-0.2, -0.15) is 0 Å². The molecule has 3 nitrogen and oxygen atoms in total. The zero-order valence-corrected chi connectivity index (χ0v) is 8.02. The van der Waals surface area contributed by atoms with E-state index >= 15 is 0 Å². The lowest BCUT2D eigenvalue weighted by atomic mass is 10.2. The van der Waals surface area contributed by atoms with Gasteiger partial charge in [0, 0.05) is 6.07 Å². The van der Waals surface area contributed by atoms with E-state index in [0.717, 1.165) is 5.56 Å². The normalized spacial score (nSPS) is 8.83. The van der Waals surface area contributed by atoms with Gasteiger partial charge in [0.25, 0.3) is 0 Å². The molecule has 0 spiro atoms. The highest BCUT2D eigenvalue weighted by atomic mass is 35.5. The Hall–Kier alpha value is -0.960. The van der Waals surface area contributed by atoms with Crippen LogP contribution in [0.3, 0.4) is 0 Å². The van der Waals surface area contributed by atoms with Gasteiger partial charge in [-0.05, 0) is 19.4 Å². The Morgan fingerprint density at radius 2 is 2.25 bits per heavy atom. The van der Waals surface area contributed by atoms with E-state index in [4.69, 9.17) is 10.5 Å². The van der Waals surface area contributed by atoms with E-state index in [1.807, 2.05) is 19.9 Å². The summed E-state index contributed by atoms with van der Waals surface area (Å²) in [6.07, 6.45) is 1.61. The van der Waals surface area contributed by atoms with E-state index < -0.39 is 0 Å². The van der Waals surface area contributed by atoms with Gasteiger partial charge in [-0.1, -0.05) is 0 Å². The van der Waals surface area contributed by atoms with E-state index in [2.05, 4.69) is 4.98 Å². The molecule has 1 aromatic heterocycles. The van der Waals surface area contributed by atoms with Gasteiger partial charge in [0.05, 0.1) is 18.5 Å². The van der Waals surface area contributed by atoms with E-state index in [0.29, 0.717) is 18.2 Å². The van der Waals surface area contributed by atoms with Crippen molar-refractivity contribution in [2.45, 2.75) is 13.8 Å². The van der Waals surface area contributed by atoms with Gasteiger partial charge in [0.2, 0.25) is 5.88 Å². The molecular weight excluding hydrogens is 176 g/mol. The molecule has 0 aliphatic heterocycles. The van der Waals surface area contributed by atoms with Crippen molar-refractivity contribution >= 4 is 18.1 Å². The summed E-state index contributed by atoms with van der Waals surface area (Å²) in [4.78, 5) is 3.98. The fourth-order valence-corrected chi connectivity index (χ4v) is 0.768. The number of halogens is 1. The summed E-state index contributed by atoms with van der Waals surface area (Å²) in [7, 11) is 0. The Bertz CT molecular complexity index is 253. The van der Waals surface area contributed by atoms with Gasteiger partial charge < -0.3 is 10.5 Å². The molecule has 1 heterocycles. The van der Waals surface area contributed by atoms with E-state index in [-0.39, 0.29) is 12.4 Å². The highest BCUT2D eigenvalue weighted by Gasteiger charge is 1.96. The summed E-state index contributed by atoms with van der Waals surface area (Å²) in [5.74, 6) is 0.638. The van der Waals surface area contributed by atoms with Crippen LogP contribution in [0.4, 0.5) is 5.69 Å². The number of ether oxygens (including phenoxy) is 1. The number of nitrogens with zero attached hydrogens (tertiary/aromatic N) is 1. The molecule has 1 aromatic rings. The van der Waals surface area contributed by atoms with Crippen molar-refractivity contribution in [3.8, 4) is 5.88 Å².